The monoisotopic (exact) mass is 358 g/mol. The van der Waals surface area contributed by atoms with Crippen LogP contribution in [0.25, 0.3) is 0 Å². The quantitative estimate of drug-likeness (QED) is 0.839. The third-order valence-electron chi connectivity index (χ3n) is 4.42. The first-order chi connectivity index (χ1) is 8.54. The highest BCUT2D eigenvalue weighted by Gasteiger charge is 2.41. The van der Waals surface area contributed by atoms with Crippen molar-refractivity contribution in [1.29, 1.82) is 0 Å². The summed E-state index contributed by atoms with van der Waals surface area (Å²) in [6, 6.07) is 8.98. The second-order valence-corrected chi connectivity index (χ2v) is 6.89. The molecule has 2 rings (SSSR count). The molecule has 0 bridgehead atoms. The highest BCUT2D eigenvalue weighted by molar-refractivity contribution is 14.1. The van der Waals surface area contributed by atoms with Crippen LogP contribution in [0, 0.1) is 3.57 Å². The molecule has 1 fully saturated rings. The van der Waals surface area contributed by atoms with Crippen LogP contribution in [0.5, 0.6) is 0 Å². The third-order valence-corrected chi connectivity index (χ3v) is 5.14. The first kappa shape index (κ1) is 14.3. The molecule has 1 aliphatic carbocycles. The first-order valence-corrected chi connectivity index (χ1v) is 7.80. The molecule has 2 N–H and O–H groups in total. The zero-order chi connectivity index (χ0) is 13.2. The molecule has 1 saturated carbocycles. The summed E-state index contributed by atoms with van der Waals surface area (Å²) in [7, 11) is 4.36. The average molecular weight is 358 g/mol. The fourth-order valence-corrected chi connectivity index (χ4v) is 3.56. The maximum atomic E-state index is 6.54. The van der Waals surface area contributed by atoms with Gasteiger partial charge in [0.2, 0.25) is 0 Å². The molecule has 0 spiro atoms. The van der Waals surface area contributed by atoms with E-state index in [-0.39, 0.29) is 11.6 Å². The Morgan fingerprint density at radius 3 is 2.28 bits per heavy atom. The summed E-state index contributed by atoms with van der Waals surface area (Å²) >= 11 is 2.34. The zero-order valence-electron chi connectivity index (χ0n) is 11.3. The molecule has 1 atom stereocenters. The van der Waals surface area contributed by atoms with Crippen LogP contribution in [-0.2, 0) is 6.42 Å². The summed E-state index contributed by atoms with van der Waals surface area (Å²) in [6.07, 6.45) is 6.10. The van der Waals surface area contributed by atoms with Gasteiger partial charge >= 0.3 is 0 Å². The SMILES string of the molecule is CN(C)C1(C(N)Cc2ccc(I)cc2)CCCC1. The second kappa shape index (κ2) is 5.88. The van der Waals surface area contributed by atoms with Crippen molar-refractivity contribution in [3.8, 4) is 0 Å². The maximum Gasteiger partial charge on any atom is 0.0357 e. The molecule has 0 amide bonds. The fourth-order valence-electron chi connectivity index (χ4n) is 3.20. The number of likely N-dealkylation sites (N-methyl/N-ethyl adjacent to an activating group) is 1. The lowest BCUT2D eigenvalue weighted by Crippen LogP contribution is -2.56. The largest absolute Gasteiger partial charge is 0.326 e. The topological polar surface area (TPSA) is 29.3 Å². The highest BCUT2D eigenvalue weighted by Crippen LogP contribution is 2.36. The molecular weight excluding hydrogens is 335 g/mol. The van der Waals surface area contributed by atoms with Crippen molar-refractivity contribution in [1.82, 2.24) is 4.90 Å². The number of hydrogen-bond donors (Lipinski definition) is 1. The number of halogens is 1. The Bertz CT molecular complexity index is 380. The molecule has 18 heavy (non-hydrogen) atoms. The Balaban J connectivity index is 2.10. The molecule has 0 aromatic heterocycles. The Morgan fingerprint density at radius 2 is 1.78 bits per heavy atom. The Labute approximate surface area is 124 Å². The molecule has 0 aliphatic heterocycles. The van der Waals surface area contributed by atoms with E-state index in [0.717, 1.165) is 6.42 Å². The second-order valence-electron chi connectivity index (χ2n) is 5.64. The predicted octanol–water partition coefficient (Wildman–Crippen LogP) is 3.04. The zero-order valence-corrected chi connectivity index (χ0v) is 13.5. The smallest absolute Gasteiger partial charge is 0.0357 e. The molecule has 0 saturated heterocycles. The van der Waals surface area contributed by atoms with Gasteiger partial charge in [0.25, 0.3) is 0 Å². The first-order valence-electron chi connectivity index (χ1n) is 6.72. The van der Waals surface area contributed by atoms with Crippen molar-refractivity contribution in [3.63, 3.8) is 0 Å². The average Bonchev–Trinajstić information content (AvgIpc) is 2.82. The third kappa shape index (κ3) is 2.89. The number of rotatable bonds is 4. The van der Waals surface area contributed by atoms with Crippen LogP contribution in [0.15, 0.2) is 24.3 Å². The summed E-state index contributed by atoms with van der Waals surface area (Å²) in [4.78, 5) is 2.36. The molecule has 1 unspecified atom stereocenters. The van der Waals surface area contributed by atoms with Crippen molar-refractivity contribution in [2.45, 2.75) is 43.7 Å². The molecule has 0 heterocycles. The van der Waals surface area contributed by atoms with Gasteiger partial charge in [-0.1, -0.05) is 25.0 Å². The summed E-state index contributed by atoms with van der Waals surface area (Å²) < 4.78 is 1.29. The summed E-state index contributed by atoms with van der Waals surface area (Å²) in [5.41, 5.74) is 8.11. The lowest BCUT2D eigenvalue weighted by atomic mass is 9.84. The van der Waals surface area contributed by atoms with E-state index in [1.165, 1.54) is 34.8 Å². The minimum Gasteiger partial charge on any atom is -0.326 e. The lowest BCUT2D eigenvalue weighted by molar-refractivity contribution is 0.123. The maximum absolute atomic E-state index is 6.54. The van der Waals surface area contributed by atoms with Crippen LogP contribution in [-0.4, -0.2) is 30.6 Å². The number of nitrogens with two attached hydrogens (primary N) is 1. The van der Waals surface area contributed by atoms with E-state index < -0.39 is 0 Å². The van der Waals surface area contributed by atoms with Crippen LogP contribution in [0.4, 0.5) is 0 Å². The molecule has 100 valence electrons. The van der Waals surface area contributed by atoms with Crippen LogP contribution in [0.2, 0.25) is 0 Å². The van der Waals surface area contributed by atoms with E-state index in [1.807, 2.05) is 0 Å². The Hall–Kier alpha value is -0.130. The number of benzene rings is 1. The van der Waals surface area contributed by atoms with Gasteiger partial charge < -0.3 is 10.6 Å². The van der Waals surface area contributed by atoms with Crippen molar-refractivity contribution >= 4 is 22.6 Å². The van der Waals surface area contributed by atoms with Gasteiger partial charge in [-0.25, -0.2) is 0 Å². The number of hydrogen-bond acceptors (Lipinski definition) is 2. The van der Waals surface area contributed by atoms with Gasteiger partial charge in [-0.15, -0.1) is 0 Å². The van der Waals surface area contributed by atoms with E-state index in [4.69, 9.17) is 5.73 Å². The molecule has 1 aromatic rings. The van der Waals surface area contributed by atoms with Gasteiger partial charge in [-0.05, 0) is 73.6 Å². The molecule has 1 aromatic carbocycles. The minimum atomic E-state index is 0.211. The van der Waals surface area contributed by atoms with E-state index >= 15 is 0 Å². The van der Waals surface area contributed by atoms with Gasteiger partial charge in [0.05, 0.1) is 0 Å². The van der Waals surface area contributed by atoms with Crippen molar-refractivity contribution in [2.75, 3.05) is 14.1 Å². The molecule has 2 nitrogen and oxygen atoms in total. The van der Waals surface area contributed by atoms with E-state index in [1.54, 1.807) is 0 Å². The van der Waals surface area contributed by atoms with Crippen LogP contribution < -0.4 is 5.73 Å². The summed E-state index contributed by atoms with van der Waals surface area (Å²) in [5.74, 6) is 0. The van der Waals surface area contributed by atoms with E-state index in [9.17, 15) is 0 Å². The standard InChI is InChI=1S/C15H23IN2/c1-18(2)15(9-3-4-10-15)14(17)11-12-5-7-13(16)8-6-12/h5-8,14H,3-4,9-11,17H2,1-2H3. The van der Waals surface area contributed by atoms with Gasteiger partial charge in [0, 0.05) is 15.2 Å². The molecule has 3 heteroatoms. The minimum absolute atomic E-state index is 0.211. The van der Waals surface area contributed by atoms with E-state index in [0.29, 0.717) is 0 Å². The highest BCUT2D eigenvalue weighted by atomic mass is 127. The Morgan fingerprint density at radius 1 is 1.22 bits per heavy atom. The van der Waals surface area contributed by atoms with Crippen molar-refractivity contribution < 1.29 is 0 Å². The predicted molar refractivity (Wildman–Crippen MR) is 85.7 cm³/mol. The van der Waals surface area contributed by atoms with E-state index in [2.05, 4.69) is 65.9 Å². The van der Waals surface area contributed by atoms with Gasteiger partial charge in [0.1, 0.15) is 0 Å². The Kier molecular flexibility index (Phi) is 4.67. The van der Waals surface area contributed by atoms with Crippen LogP contribution in [0.1, 0.15) is 31.2 Å². The van der Waals surface area contributed by atoms with Gasteiger partial charge in [-0.2, -0.15) is 0 Å². The fraction of sp³-hybridized carbons (Fsp3) is 0.600. The normalized spacial score (nSPS) is 20.3. The van der Waals surface area contributed by atoms with Crippen molar-refractivity contribution in [2.24, 2.45) is 5.73 Å². The lowest BCUT2D eigenvalue weighted by Gasteiger charge is -2.41. The van der Waals surface area contributed by atoms with Crippen LogP contribution >= 0.6 is 22.6 Å². The van der Waals surface area contributed by atoms with Crippen LogP contribution in [0.3, 0.4) is 0 Å². The number of nitrogens with zero attached hydrogens (tertiary/aromatic N) is 1. The van der Waals surface area contributed by atoms with Gasteiger partial charge in [-0.3, -0.25) is 0 Å². The van der Waals surface area contributed by atoms with Gasteiger partial charge in [0.15, 0.2) is 0 Å². The van der Waals surface area contributed by atoms with Crippen molar-refractivity contribution in [3.05, 3.63) is 33.4 Å². The molecule has 0 radical (unpaired) electrons. The summed E-state index contributed by atoms with van der Waals surface area (Å²) in [5, 5.41) is 0. The summed E-state index contributed by atoms with van der Waals surface area (Å²) in [6.45, 7) is 0. The molecule has 1 aliphatic rings. The molecular formula is C15H23IN2.